The summed E-state index contributed by atoms with van der Waals surface area (Å²) in [4.78, 5) is 25.1. The van der Waals surface area contributed by atoms with Crippen LogP contribution in [0.1, 0.15) is 20.3 Å². The predicted octanol–water partition coefficient (Wildman–Crippen LogP) is 2.20. The Kier molecular flexibility index (Phi) is 7.82. The van der Waals surface area contributed by atoms with Gasteiger partial charge in [-0.15, -0.1) is 0 Å². The summed E-state index contributed by atoms with van der Waals surface area (Å²) in [5.41, 5.74) is 0. The smallest absolute Gasteiger partial charge is 0.239 e. The molecule has 0 saturated heterocycles. The number of rotatable bonds is 8. The maximum absolute atomic E-state index is 12.0. The average Bonchev–Trinajstić information content (AvgIpc) is 2.45. The first-order chi connectivity index (χ1) is 10.1. The molecule has 0 aliphatic heterocycles. The quantitative estimate of drug-likeness (QED) is 0.776. The minimum absolute atomic E-state index is 0.0845. The largest absolute Gasteiger partial charge is 0.493 e. The van der Waals surface area contributed by atoms with Crippen molar-refractivity contribution >= 4 is 27.7 Å². The first-order valence-electron chi connectivity index (χ1n) is 6.99. The lowest BCUT2D eigenvalue weighted by atomic mass is 10.3. The van der Waals surface area contributed by atoms with Gasteiger partial charge in [-0.2, -0.15) is 0 Å². The van der Waals surface area contributed by atoms with Crippen LogP contribution in [-0.4, -0.2) is 43.0 Å². The first kappa shape index (κ1) is 17.5. The molecule has 0 aliphatic rings. The summed E-state index contributed by atoms with van der Waals surface area (Å²) in [5.74, 6) is 0.489. The zero-order valence-electron chi connectivity index (χ0n) is 12.4. The number of nitrogens with one attached hydrogen (secondary N) is 1. The van der Waals surface area contributed by atoms with Gasteiger partial charge in [0.25, 0.3) is 0 Å². The van der Waals surface area contributed by atoms with Crippen LogP contribution in [0.2, 0.25) is 0 Å². The molecule has 0 bridgehead atoms. The van der Waals surface area contributed by atoms with Crippen molar-refractivity contribution < 1.29 is 14.3 Å². The summed E-state index contributed by atoms with van der Waals surface area (Å²) in [6, 6.07) is 7.45. The highest BCUT2D eigenvalue weighted by Gasteiger charge is 2.14. The topological polar surface area (TPSA) is 58.6 Å². The summed E-state index contributed by atoms with van der Waals surface area (Å²) in [6.45, 7) is 5.17. The van der Waals surface area contributed by atoms with Crippen molar-refractivity contribution in [2.24, 2.45) is 0 Å². The molecule has 0 heterocycles. The first-order valence-corrected chi connectivity index (χ1v) is 7.79. The van der Waals surface area contributed by atoms with E-state index in [1.807, 2.05) is 38.1 Å². The van der Waals surface area contributed by atoms with E-state index >= 15 is 0 Å². The van der Waals surface area contributed by atoms with Gasteiger partial charge in [-0.05, 0) is 32.0 Å². The Hall–Kier alpha value is -1.56. The van der Waals surface area contributed by atoms with Gasteiger partial charge in [0.2, 0.25) is 11.8 Å². The van der Waals surface area contributed by atoms with E-state index in [0.717, 1.165) is 4.47 Å². The fraction of sp³-hybridized carbons (Fsp3) is 0.467. The minimum Gasteiger partial charge on any atom is -0.493 e. The minimum atomic E-state index is -0.138. The molecule has 0 atom stereocenters. The number of amides is 2. The van der Waals surface area contributed by atoms with Crippen LogP contribution in [0.5, 0.6) is 5.75 Å². The Bertz CT molecular complexity index is 480. The van der Waals surface area contributed by atoms with Gasteiger partial charge in [0.15, 0.2) is 0 Å². The highest BCUT2D eigenvalue weighted by atomic mass is 79.9. The SMILES string of the molecule is CCNC(=O)CN(CC)C(=O)CCOc1cccc(Br)c1. The van der Waals surface area contributed by atoms with Gasteiger partial charge in [0, 0.05) is 17.6 Å². The maximum atomic E-state index is 12.0. The van der Waals surface area contributed by atoms with Crippen molar-refractivity contribution in [2.45, 2.75) is 20.3 Å². The molecule has 5 nitrogen and oxygen atoms in total. The van der Waals surface area contributed by atoms with Crippen LogP contribution in [0.4, 0.5) is 0 Å². The third-order valence-corrected chi connectivity index (χ3v) is 3.32. The van der Waals surface area contributed by atoms with E-state index in [0.29, 0.717) is 25.4 Å². The maximum Gasteiger partial charge on any atom is 0.239 e. The van der Waals surface area contributed by atoms with Gasteiger partial charge in [-0.3, -0.25) is 9.59 Å². The monoisotopic (exact) mass is 356 g/mol. The van der Waals surface area contributed by atoms with Crippen molar-refractivity contribution in [3.8, 4) is 5.75 Å². The number of carbonyl (C=O) groups is 2. The van der Waals surface area contributed by atoms with Crippen LogP contribution in [0.25, 0.3) is 0 Å². The summed E-state index contributed by atoms with van der Waals surface area (Å²) >= 11 is 3.36. The number of ether oxygens (including phenoxy) is 1. The van der Waals surface area contributed by atoms with Crippen LogP contribution in [-0.2, 0) is 9.59 Å². The van der Waals surface area contributed by atoms with Gasteiger partial charge in [0.1, 0.15) is 5.75 Å². The molecule has 0 fully saturated rings. The van der Waals surface area contributed by atoms with Gasteiger partial charge < -0.3 is 15.0 Å². The van der Waals surface area contributed by atoms with Gasteiger partial charge in [-0.1, -0.05) is 22.0 Å². The molecule has 0 radical (unpaired) electrons. The molecule has 1 aromatic carbocycles. The molecule has 0 aromatic heterocycles. The summed E-state index contributed by atoms with van der Waals surface area (Å²) < 4.78 is 6.46. The number of hydrogen-bond acceptors (Lipinski definition) is 3. The van der Waals surface area contributed by atoms with E-state index in [1.54, 1.807) is 0 Å². The van der Waals surface area contributed by atoms with E-state index in [4.69, 9.17) is 4.74 Å². The van der Waals surface area contributed by atoms with E-state index in [1.165, 1.54) is 4.90 Å². The van der Waals surface area contributed by atoms with Crippen molar-refractivity contribution in [1.29, 1.82) is 0 Å². The molecule has 0 saturated carbocycles. The van der Waals surface area contributed by atoms with Crippen molar-refractivity contribution in [3.05, 3.63) is 28.7 Å². The van der Waals surface area contributed by atoms with Crippen molar-refractivity contribution in [1.82, 2.24) is 10.2 Å². The lowest BCUT2D eigenvalue weighted by molar-refractivity contribution is -0.136. The standard InChI is InChI=1S/C15H21BrN2O3/c1-3-17-14(19)11-18(4-2)15(20)8-9-21-13-7-5-6-12(16)10-13/h5-7,10H,3-4,8-9,11H2,1-2H3,(H,17,19). The Morgan fingerprint density at radius 1 is 1.33 bits per heavy atom. The summed E-state index contributed by atoms with van der Waals surface area (Å²) in [5, 5.41) is 2.68. The van der Waals surface area contributed by atoms with Gasteiger partial charge >= 0.3 is 0 Å². The number of benzene rings is 1. The van der Waals surface area contributed by atoms with Gasteiger partial charge in [0.05, 0.1) is 19.6 Å². The molecular weight excluding hydrogens is 336 g/mol. The van der Waals surface area contributed by atoms with E-state index < -0.39 is 0 Å². The average molecular weight is 357 g/mol. The van der Waals surface area contributed by atoms with Crippen molar-refractivity contribution in [2.75, 3.05) is 26.2 Å². The van der Waals surface area contributed by atoms with E-state index in [2.05, 4.69) is 21.2 Å². The fourth-order valence-corrected chi connectivity index (χ4v) is 2.15. The molecule has 1 N–H and O–H groups in total. The van der Waals surface area contributed by atoms with Crippen LogP contribution in [0.15, 0.2) is 28.7 Å². The number of halogens is 1. The zero-order valence-corrected chi connectivity index (χ0v) is 14.0. The van der Waals surface area contributed by atoms with Crippen LogP contribution in [0, 0.1) is 0 Å². The van der Waals surface area contributed by atoms with E-state index in [9.17, 15) is 9.59 Å². The Labute approximate surface area is 133 Å². The second-order valence-electron chi connectivity index (χ2n) is 4.42. The molecular formula is C15H21BrN2O3. The zero-order chi connectivity index (χ0) is 15.7. The third-order valence-electron chi connectivity index (χ3n) is 2.82. The molecule has 0 aliphatic carbocycles. The highest BCUT2D eigenvalue weighted by Crippen LogP contribution is 2.17. The summed E-state index contributed by atoms with van der Waals surface area (Å²) in [7, 11) is 0. The molecule has 6 heteroatoms. The third kappa shape index (κ3) is 6.62. The molecule has 0 unspecified atom stereocenters. The summed E-state index contributed by atoms with van der Waals surface area (Å²) in [6.07, 6.45) is 0.250. The second kappa shape index (κ2) is 9.39. The van der Waals surface area contributed by atoms with Crippen LogP contribution < -0.4 is 10.1 Å². The lowest BCUT2D eigenvalue weighted by Gasteiger charge is -2.20. The molecule has 21 heavy (non-hydrogen) atoms. The molecule has 116 valence electrons. The van der Waals surface area contributed by atoms with Crippen LogP contribution in [0.3, 0.4) is 0 Å². The van der Waals surface area contributed by atoms with Crippen molar-refractivity contribution in [3.63, 3.8) is 0 Å². The highest BCUT2D eigenvalue weighted by molar-refractivity contribution is 9.10. The number of nitrogens with zero attached hydrogens (tertiary/aromatic N) is 1. The lowest BCUT2D eigenvalue weighted by Crippen LogP contribution is -2.40. The molecule has 1 rings (SSSR count). The fourth-order valence-electron chi connectivity index (χ4n) is 1.77. The Balaban J connectivity index is 2.38. The number of likely N-dealkylation sites (N-methyl/N-ethyl adjacent to an activating group) is 2. The molecule has 0 spiro atoms. The van der Waals surface area contributed by atoms with Gasteiger partial charge in [-0.25, -0.2) is 0 Å². The number of hydrogen-bond donors (Lipinski definition) is 1. The van der Waals surface area contributed by atoms with Crippen LogP contribution >= 0.6 is 15.9 Å². The predicted molar refractivity (Wildman–Crippen MR) is 85.2 cm³/mol. The molecule has 1 aromatic rings. The Morgan fingerprint density at radius 2 is 2.10 bits per heavy atom. The normalized spacial score (nSPS) is 10.0. The second-order valence-corrected chi connectivity index (χ2v) is 5.33. The Morgan fingerprint density at radius 3 is 2.71 bits per heavy atom. The molecule has 2 amide bonds. The van der Waals surface area contributed by atoms with E-state index in [-0.39, 0.29) is 24.8 Å². The number of carbonyl (C=O) groups excluding carboxylic acids is 2.